The minimum Gasteiger partial charge on any atom is -0.465 e. The predicted octanol–water partition coefficient (Wildman–Crippen LogP) is 1.38. The summed E-state index contributed by atoms with van der Waals surface area (Å²) in [7, 11) is 0. The van der Waals surface area contributed by atoms with E-state index < -0.39 is 11.5 Å². The van der Waals surface area contributed by atoms with Gasteiger partial charge in [-0.3, -0.25) is 9.69 Å². The fraction of sp³-hybridized carbons (Fsp3) is 0.778. The molecule has 15 heavy (non-hydrogen) atoms. The first kappa shape index (κ1) is 12.7. The fourth-order valence-electron chi connectivity index (χ4n) is 1.73. The van der Waals surface area contributed by atoms with Crippen LogP contribution in [0, 0.1) is 11.8 Å². The van der Waals surface area contributed by atoms with E-state index in [1.54, 1.807) is 6.92 Å². The third kappa shape index (κ3) is 2.60. The monoisotopic (exact) mass is 249 g/mol. The number of rotatable bonds is 3. The number of hydrogen-bond donors (Lipinski definition) is 3. The van der Waals surface area contributed by atoms with Gasteiger partial charge in [0.1, 0.15) is 5.78 Å². The van der Waals surface area contributed by atoms with E-state index in [2.05, 4.69) is 25.3 Å². The Balaban J connectivity index is 2.67. The number of thiol groups is 2. The van der Waals surface area contributed by atoms with Crippen molar-refractivity contribution in [3.05, 3.63) is 0 Å². The first-order valence-electron chi connectivity index (χ1n) is 4.81. The highest BCUT2D eigenvalue weighted by molar-refractivity contribution is 7.81. The smallest absolute Gasteiger partial charge is 0.408 e. The van der Waals surface area contributed by atoms with Gasteiger partial charge in [0.15, 0.2) is 0 Å². The molecule has 0 saturated carbocycles. The highest BCUT2D eigenvalue weighted by Crippen LogP contribution is 2.30. The molecule has 1 aliphatic heterocycles. The summed E-state index contributed by atoms with van der Waals surface area (Å²) >= 11 is 8.26. The van der Waals surface area contributed by atoms with E-state index in [0.29, 0.717) is 18.7 Å². The van der Waals surface area contributed by atoms with E-state index in [4.69, 9.17) is 5.11 Å². The summed E-state index contributed by atoms with van der Waals surface area (Å²) in [5.41, 5.74) is 0. The van der Waals surface area contributed by atoms with Crippen LogP contribution < -0.4 is 0 Å². The molecule has 3 unspecified atom stereocenters. The highest BCUT2D eigenvalue weighted by atomic mass is 32.1. The molecule has 0 aliphatic carbocycles. The number of nitrogens with zero attached hydrogens (tertiary/aromatic N) is 1. The van der Waals surface area contributed by atoms with E-state index in [-0.39, 0.29) is 17.6 Å². The Hall–Kier alpha value is -0.360. The van der Waals surface area contributed by atoms with Crippen molar-refractivity contribution < 1.29 is 14.7 Å². The summed E-state index contributed by atoms with van der Waals surface area (Å²) in [6.07, 6.45) is -0.443. The molecule has 1 heterocycles. The van der Waals surface area contributed by atoms with Crippen molar-refractivity contribution in [2.75, 3.05) is 12.3 Å². The van der Waals surface area contributed by atoms with Crippen LogP contribution in [0.3, 0.4) is 0 Å². The SMILES string of the molecule is CC(CS)C(=O)C1CCN(C(=O)O)C1S. The number of amides is 1. The summed E-state index contributed by atoms with van der Waals surface area (Å²) in [6.45, 7) is 2.19. The van der Waals surface area contributed by atoms with Crippen LogP contribution in [0.1, 0.15) is 13.3 Å². The van der Waals surface area contributed by atoms with Gasteiger partial charge in [-0.2, -0.15) is 25.3 Å². The summed E-state index contributed by atoms with van der Waals surface area (Å²) in [6, 6.07) is 0. The average Bonchev–Trinajstić information content (AvgIpc) is 2.57. The number of carbonyl (C=O) groups is 2. The van der Waals surface area contributed by atoms with Crippen LogP contribution in [0.15, 0.2) is 0 Å². The third-order valence-electron chi connectivity index (χ3n) is 2.73. The maximum atomic E-state index is 11.8. The molecule has 1 fully saturated rings. The van der Waals surface area contributed by atoms with Crippen LogP contribution in [-0.2, 0) is 4.79 Å². The van der Waals surface area contributed by atoms with Crippen molar-refractivity contribution in [2.45, 2.75) is 18.7 Å². The van der Waals surface area contributed by atoms with Crippen LogP contribution in [0.5, 0.6) is 0 Å². The molecular weight excluding hydrogens is 234 g/mol. The number of Topliss-reactive ketones (excluding diaryl/α,β-unsaturated/α-hetero) is 1. The maximum Gasteiger partial charge on any atom is 0.408 e. The van der Waals surface area contributed by atoms with Crippen LogP contribution >= 0.6 is 25.3 Å². The van der Waals surface area contributed by atoms with Gasteiger partial charge in [0, 0.05) is 18.4 Å². The lowest BCUT2D eigenvalue weighted by Gasteiger charge is -2.21. The zero-order valence-electron chi connectivity index (χ0n) is 8.46. The van der Waals surface area contributed by atoms with E-state index in [0.717, 1.165) is 0 Å². The van der Waals surface area contributed by atoms with Crippen molar-refractivity contribution in [3.63, 3.8) is 0 Å². The topological polar surface area (TPSA) is 57.6 Å². The van der Waals surface area contributed by atoms with Gasteiger partial charge in [0.2, 0.25) is 0 Å². The number of hydrogen-bond acceptors (Lipinski definition) is 4. The van der Waals surface area contributed by atoms with Crippen LogP contribution in [-0.4, -0.2) is 39.6 Å². The predicted molar refractivity (Wildman–Crippen MR) is 63.6 cm³/mol. The Morgan fingerprint density at radius 2 is 2.20 bits per heavy atom. The Kier molecular flexibility index (Phi) is 4.33. The van der Waals surface area contributed by atoms with Gasteiger partial charge in [0.25, 0.3) is 0 Å². The molecule has 1 saturated heterocycles. The molecule has 0 radical (unpaired) electrons. The third-order valence-corrected chi connectivity index (χ3v) is 3.92. The molecular formula is C9H15NO3S2. The molecule has 0 bridgehead atoms. The lowest BCUT2D eigenvalue weighted by molar-refractivity contribution is -0.125. The van der Waals surface area contributed by atoms with E-state index in [1.165, 1.54) is 4.90 Å². The molecule has 3 atom stereocenters. The van der Waals surface area contributed by atoms with Crippen molar-refractivity contribution in [2.24, 2.45) is 11.8 Å². The molecule has 4 nitrogen and oxygen atoms in total. The van der Waals surface area contributed by atoms with Gasteiger partial charge < -0.3 is 5.11 Å². The Labute approximate surface area is 99.8 Å². The largest absolute Gasteiger partial charge is 0.465 e. The van der Waals surface area contributed by atoms with Gasteiger partial charge in [0.05, 0.1) is 5.37 Å². The van der Waals surface area contributed by atoms with Gasteiger partial charge >= 0.3 is 6.09 Å². The summed E-state index contributed by atoms with van der Waals surface area (Å²) in [5.74, 6) is 0.130. The normalized spacial score (nSPS) is 27.8. The first-order chi connectivity index (χ1) is 6.99. The zero-order chi connectivity index (χ0) is 11.6. The number of ketones is 1. The Morgan fingerprint density at radius 3 is 2.60 bits per heavy atom. The standard InChI is InChI=1S/C9H15NO3S2/c1-5(4-14)7(11)6-2-3-10(8(6)15)9(12)13/h5-6,8,14-15H,2-4H2,1H3,(H,12,13). The molecule has 1 amide bonds. The quantitative estimate of drug-likeness (QED) is 0.662. The minimum absolute atomic E-state index is 0.0637. The van der Waals surface area contributed by atoms with Crippen LogP contribution in [0.4, 0.5) is 4.79 Å². The first-order valence-corrected chi connectivity index (χ1v) is 5.96. The Bertz CT molecular complexity index is 272. The lowest BCUT2D eigenvalue weighted by Crippen LogP contribution is -2.36. The van der Waals surface area contributed by atoms with Gasteiger partial charge in [-0.15, -0.1) is 0 Å². The maximum absolute atomic E-state index is 11.8. The van der Waals surface area contributed by atoms with Crippen LogP contribution in [0.25, 0.3) is 0 Å². The van der Waals surface area contributed by atoms with Gasteiger partial charge in [-0.25, -0.2) is 4.79 Å². The molecule has 0 aromatic carbocycles. The highest BCUT2D eigenvalue weighted by Gasteiger charge is 2.39. The molecule has 0 aromatic heterocycles. The molecule has 1 aliphatic rings. The Morgan fingerprint density at radius 1 is 1.60 bits per heavy atom. The van der Waals surface area contributed by atoms with Crippen molar-refractivity contribution in [1.82, 2.24) is 4.90 Å². The molecule has 0 spiro atoms. The number of carboxylic acid groups (broad SMARTS) is 1. The second-order valence-electron chi connectivity index (χ2n) is 3.77. The number of likely N-dealkylation sites (tertiary alicyclic amines) is 1. The average molecular weight is 249 g/mol. The zero-order valence-corrected chi connectivity index (χ0v) is 10.2. The molecule has 0 aromatic rings. The van der Waals surface area contributed by atoms with E-state index >= 15 is 0 Å². The number of carbonyl (C=O) groups excluding carboxylic acids is 1. The summed E-state index contributed by atoms with van der Waals surface area (Å²) < 4.78 is 0. The second-order valence-corrected chi connectivity index (χ2v) is 4.66. The minimum atomic E-state index is -1.01. The van der Waals surface area contributed by atoms with Gasteiger partial charge in [-0.05, 0) is 12.2 Å². The lowest BCUT2D eigenvalue weighted by atomic mass is 9.94. The van der Waals surface area contributed by atoms with Crippen molar-refractivity contribution in [3.8, 4) is 0 Å². The van der Waals surface area contributed by atoms with Crippen molar-refractivity contribution in [1.29, 1.82) is 0 Å². The molecule has 86 valence electrons. The van der Waals surface area contributed by atoms with Crippen LogP contribution in [0.2, 0.25) is 0 Å². The summed E-state index contributed by atoms with van der Waals surface area (Å²) in [5, 5.41) is 8.33. The van der Waals surface area contributed by atoms with Gasteiger partial charge in [-0.1, -0.05) is 6.92 Å². The van der Waals surface area contributed by atoms with Crippen molar-refractivity contribution >= 4 is 37.1 Å². The molecule has 1 rings (SSSR count). The van der Waals surface area contributed by atoms with E-state index in [9.17, 15) is 9.59 Å². The fourth-order valence-corrected chi connectivity index (χ4v) is 2.42. The summed E-state index contributed by atoms with van der Waals surface area (Å²) in [4.78, 5) is 23.8. The second kappa shape index (κ2) is 5.12. The molecule has 6 heteroatoms. The molecule has 1 N–H and O–H groups in total. The van der Waals surface area contributed by atoms with E-state index in [1.807, 2.05) is 0 Å².